The fourth-order valence-corrected chi connectivity index (χ4v) is 3.01. The van der Waals surface area contributed by atoms with Gasteiger partial charge in [0.15, 0.2) is 5.78 Å². The number of carbonyl (C=O) groups excluding carboxylic acids is 2. The molecule has 0 saturated carbocycles. The van der Waals surface area contributed by atoms with Crippen LogP contribution < -0.4 is 10.5 Å². The van der Waals surface area contributed by atoms with E-state index in [9.17, 15) is 9.59 Å². The van der Waals surface area contributed by atoms with E-state index in [1.54, 1.807) is 35.4 Å². The molecule has 140 valence electrons. The summed E-state index contributed by atoms with van der Waals surface area (Å²) in [6, 6.07) is 10.6. The molecule has 3 rings (SSSR count). The zero-order valence-corrected chi connectivity index (χ0v) is 15.4. The Morgan fingerprint density at radius 2 is 1.74 bits per heavy atom. The minimum atomic E-state index is -0.0894. The number of nitrogens with zero attached hydrogens (tertiary/aromatic N) is 2. The number of pyridine rings is 1. The number of aromatic nitrogens is 1. The lowest BCUT2D eigenvalue weighted by atomic mass is 10.1. The molecule has 27 heavy (non-hydrogen) atoms. The summed E-state index contributed by atoms with van der Waals surface area (Å²) in [5.74, 6) is 0.684. The number of ketones is 1. The molecule has 0 aliphatic carbocycles. The van der Waals surface area contributed by atoms with Crippen molar-refractivity contribution in [3.63, 3.8) is 0 Å². The van der Waals surface area contributed by atoms with E-state index in [-0.39, 0.29) is 17.8 Å². The first-order chi connectivity index (χ1) is 12.9. The molecule has 0 atom stereocenters. The summed E-state index contributed by atoms with van der Waals surface area (Å²) < 4.78 is 5.98. The Bertz CT molecular complexity index is 836. The van der Waals surface area contributed by atoms with Gasteiger partial charge in [0.2, 0.25) is 0 Å². The highest BCUT2D eigenvalue weighted by Gasteiger charge is 2.25. The van der Waals surface area contributed by atoms with E-state index in [2.05, 4.69) is 11.6 Å². The Hall–Kier alpha value is -3.15. The molecule has 1 aromatic heterocycles. The van der Waals surface area contributed by atoms with E-state index >= 15 is 0 Å². The Labute approximate surface area is 158 Å². The SMILES string of the molecule is C=C(N)c1ccc(C(=O)N2CCC(Oc3ccc(C(C)=O)cc3)CC2)nc1. The quantitative estimate of drug-likeness (QED) is 0.824. The molecule has 6 heteroatoms. The second kappa shape index (κ2) is 8.03. The highest BCUT2D eigenvalue weighted by Crippen LogP contribution is 2.21. The van der Waals surface area contributed by atoms with Crippen molar-refractivity contribution in [2.24, 2.45) is 5.73 Å². The van der Waals surface area contributed by atoms with Crippen molar-refractivity contribution in [3.05, 3.63) is 66.0 Å². The predicted molar refractivity (Wildman–Crippen MR) is 103 cm³/mol. The van der Waals surface area contributed by atoms with Gasteiger partial charge in [0, 0.05) is 49.0 Å². The first kappa shape index (κ1) is 18.6. The number of piperidine rings is 1. The van der Waals surface area contributed by atoms with Crippen LogP contribution in [0.15, 0.2) is 49.2 Å². The van der Waals surface area contributed by atoms with Crippen molar-refractivity contribution < 1.29 is 14.3 Å². The summed E-state index contributed by atoms with van der Waals surface area (Å²) >= 11 is 0. The maximum Gasteiger partial charge on any atom is 0.272 e. The number of amides is 1. The summed E-state index contributed by atoms with van der Waals surface area (Å²) in [4.78, 5) is 29.9. The largest absolute Gasteiger partial charge is 0.490 e. The fourth-order valence-electron chi connectivity index (χ4n) is 3.01. The van der Waals surface area contributed by atoms with Crippen LogP contribution >= 0.6 is 0 Å². The van der Waals surface area contributed by atoms with Gasteiger partial charge in [-0.1, -0.05) is 6.58 Å². The van der Waals surface area contributed by atoms with Crippen molar-refractivity contribution in [3.8, 4) is 5.75 Å². The summed E-state index contributed by atoms with van der Waals surface area (Å²) in [6.07, 6.45) is 3.11. The number of ether oxygens (including phenoxy) is 1. The Kier molecular flexibility index (Phi) is 5.54. The van der Waals surface area contributed by atoms with E-state index in [0.29, 0.717) is 30.0 Å². The summed E-state index contributed by atoms with van der Waals surface area (Å²) in [6.45, 7) is 6.42. The van der Waals surface area contributed by atoms with Gasteiger partial charge in [0.1, 0.15) is 17.5 Å². The van der Waals surface area contributed by atoms with Crippen molar-refractivity contribution in [2.75, 3.05) is 13.1 Å². The van der Waals surface area contributed by atoms with Crippen molar-refractivity contribution >= 4 is 17.4 Å². The van der Waals surface area contributed by atoms with E-state index in [4.69, 9.17) is 10.5 Å². The van der Waals surface area contributed by atoms with Gasteiger partial charge in [0.05, 0.1) is 0 Å². The zero-order valence-electron chi connectivity index (χ0n) is 15.4. The lowest BCUT2D eigenvalue weighted by molar-refractivity contribution is 0.0590. The lowest BCUT2D eigenvalue weighted by Crippen LogP contribution is -2.42. The van der Waals surface area contributed by atoms with Crippen LogP contribution in [-0.2, 0) is 0 Å². The van der Waals surface area contributed by atoms with Crippen LogP contribution in [0.1, 0.15) is 46.2 Å². The number of rotatable bonds is 5. The van der Waals surface area contributed by atoms with Crippen LogP contribution in [0.5, 0.6) is 5.75 Å². The predicted octanol–water partition coefficient (Wildman–Crippen LogP) is 2.90. The van der Waals surface area contributed by atoms with E-state index in [0.717, 1.165) is 24.2 Å². The molecular formula is C21H23N3O3. The first-order valence-corrected chi connectivity index (χ1v) is 8.92. The zero-order chi connectivity index (χ0) is 19.4. The molecule has 2 heterocycles. The maximum atomic E-state index is 12.6. The molecule has 0 radical (unpaired) electrons. The molecule has 0 bridgehead atoms. The number of benzene rings is 1. The van der Waals surface area contributed by atoms with Gasteiger partial charge in [-0.3, -0.25) is 14.6 Å². The third-order valence-corrected chi connectivity index (χ3v) is 4.65. The topological polar surface area (TPSA) is 85.5 Å². The van der Waals surface area contributed by atoms with Gasteiger partial charge in [-0.2, -0.15) is 0 Å². The summed E-state index contributed by atoms with van der Waals surface area (Å²) in [7, 11) is 0. The summed E-state index contributed by atoms with van der Waals surface area (Å²) in [5.41, 5.74) is 7.84. The Balaban J connectivity index is 1.54. The molecule has 2 N–H and O–H groups in total. The van der Waals surface area contributed by atoms with Gasteiger partial charge in [0.25, 0.3) is 5.91 Å². The average molecular weight is 365 g/mol. The second-order valence-corrected chi connectivity index (χ2v) is 6.65. The minimum absolute atomic E-state index is 0.0331. The molecule has 1 aromatic carbocycles. The first-order valence-electron chi connectivity index (χ1n) is 8.92. The number of hydrogen-bond donors (Lipinski definition) is 1. The molecule has 1 saturated heterocycles. The molecule has 0 unspecified atom stereocenters. The van der Waals surface area contributed by atoms with Crippen molar-refractivity contribution in [1.29, 1.82) is 0 Å². The molecular weight excluding hydrogens is 342 g/mol. The average Bonchev–Trinajstić information content (AvgIpc) is 2.68. The van der Waals surface area contributed by atoms with Crippen LogP contribution in [-0.4, -0.2) is 40.8 Å². The van der Waals surface area contributed by atoms with E-state index < -0.39 is 0 Å². The van der Waals surface area contributed by atoms with Gasteiger partial charge in [-0.05, 0) is 43.3 Å². The molecule has 6 nitrogen and oxygen atoms in total. The van der Waals surface area contributed by atoms with E-state index in [1.807, 2.05) is 12.1 Å². The van der Waals surface area contributed by atoms with Gasteiger partial charge in [-0.25, -0.2) is 0 Å². The van der Waals surface area contributed by atoms with Crippen LogP contribution in [0, 0.1) is 0 Å². The molecule has 1 aliphatic heterocycles. The molecule has 0 spiro atoms. The highest BCUT2D eigenvalue weighted by atomic mass is 16.5. The number of likely N-dealkylation sites (tertiary alicyclic amines) is 1. The lowest BCUT2D eigenvalue weighted by Gasteiger charge is -2.32. The molecule has 1 fully saturated rings. The standard InChI is InChI=1S/C21H23N3O3/c1-14(22)17-5-8-20(23-13-17)21(26)24-11-9-19(10-12-24)27-18-6-3-16(4-7-18)15(2)25/h3-8,13,19H,1,9-12,22H2,2H3. The second-order valence-electron chi connectivity index (χ2n) is 6.65. The fraction of sp³-hybridized carbons (Fsp3) is 0.286. The van der Waals surface area contributed by atoms with Crippen LogP contribution in [0.3, 0.4) is 0 Å². The number of carbonyl (C=O) groups is 2. The Morgan fingerprint density at radius 1 is 1.11 bits per heavy atom. The monoisotopic (exact) mass is 365 g/mol. The van der Waals surface area contributed by atoms with Gasteiger partial charge >= 0.3 is 0 Å². The normalized spacial score (nSPS) is 14.6. The molecule has 2 aromatic rings. The third-order valence-electron chi connectivity index (χ3n) is 4.65. The van der Waals surface area contributed by atoms with Crippen LogP contribution in [0.4, 0.5) is 0 Å². The van der Waals surface area contributed by atoms with Crippen LogP contribution in [0.25, 0.3) is 5.70 Å². The third kappa shape index (κ3) is 4.53. The number of nitrogens with two attached hydrogens (primary N) is 1. The molecule has 1 aliphatic rings. The van der Waals surface area contributed by atoms with Gasteiger partial charge < -0.3 is 15.4 Å². The molecule has 1 amide bonds. The van der Waals surface area contributed by atoms with Crippen LogP contribution in [0.2, 0.25) is 0 Å². The minimum Gasteiger partial charge on any atom is -0.490 e. The highest BCUT2D eigenvalue weighted by molar-refractivity contribution is 5.94. The van der Waals surface area contributed by atoms with Crippen molar-refractivity contribution in [1.82, 2.24) is 9.88 Å². The summed E-state index contributed by atoms with van der Waals surface area (Å²) in [5, 5.41) is 0. The number of Topliss-reactive ketones (excluding diaryl/α,β-unsaturated/α-hetero) is 1. The number of hydrogen-bond acceptors (Lipinski definition) is 5. The maximum absolute atomic E-state index is 12.6. The van der Waals surface area contributed by atoms with Gasteiger partial charge in [-0.15, -0.1) is 0 Å². The van der Waals surface area contributed by atoms with E-state index in [1.165, 1.54) is 6.92 Å². The Morgan fingerprint density at radius 3 is 2.26 bits per heavy atom. The smallest absolute Gasteiger partial charge is 0.272 e. The van der Waals surface area contributed by atoms with Crippen molar-refractivity contribution in [2.45, 2.75) is 25.9 Å².